The zero-order valence-corrected chi connectivity index (χ0v) is 31.5. The van der Waals surface area contributed by atoms with E-state index < -0.39 is 27.7 Å². The number of aliphatic carboxylic acids is 1. The number of aryl methyl sites for hydroxylation is 2. The fraction of sp³-hybridized carbons (Fsp3) is 0.432. The molecular formula is C37H42ClN5O5S2. The number of aromatic nitrogens is 3. The number of carboxylic acids is 1. The molecule has 50 heavy (non-hydrogen) atoms. The van der Waals surface area contributed by atoms with Gasteiger partial charge in [-0.05, 0) is 101 Å². The molecule has 264 valence electrons. The van der Waals surface area contributed by atoms with Crippen LogP contribution in [0.1, 0.15) is 62.5 Å². The lowest BCUT2D eigenvalue weighted by Gasteiger charge is -2.46. The Bertz CT molecular complexity index is 2210. The first-order valence-corrected chi connectivity index (χ1v) is 19.9. The summed E-state index contributed by atoms with van der Waals surface area (Å²) in [5, 5.41) is 18.0. The first-order chi connectivity index (χ1) is 23.6. The molecule has 10 nitrogen and oxygen atoms in total. The summed E-state index contributed by atoms with van der Waals surface area (Å²) in [6, 6.07) is 16.1. The molecule has 2 aromatic heterocycles. The fourth-order valence-electron chi connectivity index (χ4n) is 7.35. The number of rotatable bonds is 8. The van der Waals surface area contributed by atoms with E-state index in [2.05, 4.69) is 23.1 Å². The number of nitrogens with zero attached hydrogens (tertiary/aromatic N) is 5. The van der Waals surface area contributed by atoms with Crippen molar-refractivity contribution in [3.63, 3.8) is 0 Å². The monoisotopic (exact) mass is 735 g/mol. The molecule has 2 aliphatic heterocycles. The lowest BCUT2D eigenvalue weighted by Crippen LogP contribution is -2.61. The molecule has 5 aromatic rings. The first-order valence-electron chi connectivity index (χ1n) is 16.8. The molecule has 2 saturated heterocycles. The van der Waals surface area contributed by atoms with Crippen molar-refractivity contribution in [2.24, 2.45) is 7.05 Å². The smallest absolute Gasteiger partial charge is 0.337 e. The molecule has 4 heterocycles. The van der Waals surface area contributed by atoms with Crippen LogP contribution in [-0.4, -0.2) is 87.5 Å². The predicted octanol–water partition coefficient (Wildman–Crippen LogP) is 7.24. The second-order valence-corrected chi connectivity index (χ2v) is 18.0. The zero-order valence-electron chi connectivity index (χ0n) is 29.1. The standard InChI is InChI=1S/C37H42ClN5O5S2/c1-21-17-28-34(31(22-7-10-25(38)11-8-22)30(21)33(36(44)45)48-37(2,3)4)49-35(39-28)24-9-12-29-27(18-24)32(40-41(29)5)23-13-15-42(16-14-23)26-19-43(20-26)50(6,46)47/h7-12,17-18,23,26,33H,13-16,19-20H2,1-6H3,(H,44,45). The molecule has 2 aliphatic rings. The van der Waals surface area contributed by atoms with Crippen molar-refractivity contribution >= 4 is 60.0 Å². The van der Waals surface area contributed by atoms with E-state index >= 15 is 0 Å². The maximum atomic E-state index is 12.7. The maximum absolute atomic E-state index is 12.7. The van der Waals surface area contributed by atoms with Crippen LogP contribution < -0.4 is 0 Å². The highest BCUT2D eigenvalue weighted by atomic mass is 35.5. The highest BCUT2D eigenvalue weighted by Crippen LogP contribution is 2.45. The van der Waals surface area contributed by atoms with Crippen LogP contribution in [0.4, 0.5) is 0 Å². The summed E-state index contributed by atoms with van der Waals surface area (Å²) in [4.78, 5) is 20.3. The second kappa shape index (κ2) is 13.0. The van der Waals surface area contributed by atoms with Crippen LogP contribution in [0.15, 0.2) is 48.5 Å². The second-order valence-electron chi connectivity index (χ2n) is 14.6. The first kappa shape index (κ1) is 35.0. The third kappa shape index (κ3) is 6.69. The number of sulfonamides is 1. The van der Waals surface area contributed by atoms with Crippen LogP contribution in [0, 0.1) is 6.92 Å². The molecule has 1 unspecified atom stereocenters. The van der Waals surface area contributed by atoms with Crippen LogP contribution >= 0.6 is 22.9 Å². The Morgan fingerprint density at radius 1 is 1.06 bits per heavy atom. The summed E-state index contributed by atoms with van der Waals surface area (Å²) >= 11 is 7.83. The number of halogens is 1. The number of piperidine rings is 1. The Morgan fingerprint density at radius 3 is 2.34 bits per heavy atom. The lowest BCUT2D eigenvalue weighted by molar-refractivity contribution is -0.160. The summed E-state index contributed by atoms with van der Waals surface area (Å²) in [6.07, 6.45) is 2.01. The van der Waals surface area contributed by atoms with Gasteiger partial charge in [0.15, 0.2) is 6.10 Å². The summed E-state index contributed by atoms with van der Waals surface area (Å²) in [5.41, 5.74) is 6.25. The highest BCUT2D eigenvalue weighted by Gasteiger charge is 2.39. The summed E-state index contributed by atoms with van der Waals surface area (Å²) in [7, 11) is -1.15. The maximum Gasteiger partial charge on any atom is 0.337 e. The van der Waals surface area contributed by atoms with Crippen LogP contribution in [0.2, 0.25) is 5.02 Å². The summed E-state index contributed by atoms with van der Waals surface area (Å²) < 4.78 is 34.3. The Hall–Kier alpha value is -3.39. The highest BCUT2D eigenvalue weighted by molar-refractivity contribution is 7.88. The minimum Gasteiger partial charge on any atom is -0.479 e. The Balaban J connectivity index is 1.26. The number of carbonyl (C=O) groups is 1. The van der Waals surface area contributed by atoms with E-state index in [0.29, 0.717) is 29.6 Å². The fourth-order valence-corrected chi connectivity index (χ4v) is 9.48. The number of hydrogen-bond donors (Lipinski definition) is 1. The molecule has 1 atom stereocenters. The van der Waals surface area contributed by atoms with Crippen molar-refractivity contribution < 1.29 is 23.1 Å². The van der Waals surface area contributed by atoms with E-state index in [9.17, 15) is 18.3 Å². The van der Waals surface area contributed by atoms with E-state index in [4.69, 9.17) is 26.4 Å². The van der Waals surface area contributed by atoms with E-state index in [1.54, 1.807) is 15.6 Å². The normalized spacial score (nSPS) is 17.8. The average Bonchev–Trinajstić information content (AvgIpc) is 3.59. The van der Waals surface area contributed by atoms with Gasteiger partial charge in [-0.25, -0.2) is 18.2 Å². The number of carboxylic acid groups (broad SMARTS) is 1. The predicted molar refractivity (Wildman–Crippen MR) is 199 cm³/mol. The quantitative estimate of drug-likeness (QED) is 0.177. The van der Waals surface area contributed by atoms with Gasteiger partial charge in [-0.15, -0.1) is 11.3 Å². The molecule has 0 amide bonds. The van der Waals surface area contributed by atoms with Gasteiger partial charge in [0.1, 0.15) is 5.01 Å². The van der Waals surface area contributed by atoms with E-state index in [1.165, 1.54) is 6.26 Å². The van der Waals surface area contributed by atoms with Crippen molar-refractivity contribution in [1.82, 2.24) is 24.0 Å². The van der Waals surface area contributed by atoms with Crippen molar-refractivity contribution in [3.8, 4) is 21.7 Å². The van der Waals surface area contributed by atoms with Crippen LogP contribution in [0.3, 0.4) is 0 Å². The van der Waals surface area contributed by atoms with E-state index in [-0.39, 0.29) is 6.04 Å². The number of benzene rings is 3. The molecule has 1 N–H and O–H groups in total. The van der Waals surface area contributed by atoms with E-state index in [0.717, 1.165) is 80.0 Å². The molecular weight excluding hydrogens is 694 g/mol. The van der Waals surface area contributed by atoms with Gasteiger partial charge in [0.05, 0.1) is 33.3 Å². The van der Waals surface area contributed by atoms with Crippen LogP contribution in [0.25, 0.3) is 42.8 Å². The molecule has 13 heteroatoms. The molecule has 2 fully saturated rings. The molecule has 0 spiro atoms. The molecule has 0 bridgehead atoms. The Labute approximate surface area is 301 Å². The van der Waals surface area contributed by atoms with Gasteiger partial charge in [0.25, 0.3) is 0 Å². The number of likely N-dealkylation sites (tertiary alicyclic amines) is 1. The minimum atomic E-state index is -3.13. The van der Waals surface area contributed by atoms with Crippen molar-refractivity contribution in [2.45, 2.75) is 64.2 Å². The number of ether oxygens (including phenoxy) is 1. The molecule has 0 saturated carbocycles. The van der Waals surface area contributed by atoms with Gasteiger partial charge in [0, 0.05) is 59.2 Å². The van der Waals surface area contributed by atoms with Gasteiger partial charge >= 0.3 is 5.97 Å². The molecule has 0 radical (unpaired) electrons. The average molecular weight is 736 g/mol. The summed E-state index contributed by atoms with van der Waals surface area (Å²) in [5.74, 6) is -0.754. The molecule has 0 aliphatic carbocycles. The van der Waals surface area contributed by atoms with Gasteiger partial charge in [-0.2, -0.15) is 9.40 Å². The number of thiazole rings is 1. The van der Waals surface area contributed by atoms with Gasteiger partial charge in [-0.3, -0.25) is 9.58 Å². The Morgan fingerprint density at radius 2 is 1.72 bits per heavy atom. The molecule has 7 rings (SSSR count). The third-order valence-corrected chi connectivity index (χ3v) is 12.5. The van der Waals surface area contributed by atoms with E-state index in [1.807, 2.05) is 69.8 Å². The minimum absolute atomic E-state index is 0.282. The SMILES string of the molecule is Cc1cc2nc(-c3ccc4c(c3)c(C3CCN(C5CN(S(C)(=O)=O)C5)CC3)nn4C)sc2c(-c2ccc(Cl)cc2)c1C(OC(C)(C)C)C(=O)O. The molecule has 3 aromatic carbocycles. The lowest BCUT2D eigenvalue weighted by atomic mass is 9.90. The van der Waals surface area contributed by atoms with Crippen molar-refractivity contribution in [3.05, 3.63) is 70.4 Å². The van der Waals surface area contributed by atoms with Gasteiger partial charge in [-0.1, -0.05) is 23.7 Å². The summed E-state index contributed by atoms with van der Waals surface area (Å²) in [6.45, 7) is 10.5. The third-order valence-electron chi connectivity index (χ3n) is 9.87. The topological polar surface area (TPSA) is 118 Å². The van der Waals surface area contributed by atoms with Crippen LogP contribution in [-0.2, 0) is 26.6 Å². The zero-order chi connectivity index (χ0) is 35.7. The number of hydrogen-bond acceptors (Lipinski definition) is 8. The van der Waals surface area contributed by atoms with Gasteiger partial charge in [0.2, 0.25) is 10.0 Å². The van der Waals surface area contributed by atoms with Crippen molar-refractivity contribution in [2.75, 3.05) is 32.4 Å². The largest absolute Gasteiger partial charge is 0.479 e. The Kier molecular flexibility index (Phi) is 9.10. The van der Waals surface area contributed by atoms with Crippen molar-refractivity contribution in [1.29, 1.82) is 0 Å². The van der Waals surface area contributed by atoms with Gasteiger partial charge < -0.3 is 9.84 Å². The number of fused-ring (bicyclic) bond motifs is 2. The van der Waals surface area contributed by atoms with Crippen LogP contribution in [0.5, 0.6) is 0 Å².